The molecule has 4 rings (SSSR count). The average molecular weight is 358 g/mol. The van der Waals surface area contributed by atoms with E-state index in [0.717, 1.165) is 17.7 Å². The number of rotatable bonds is 3. The molecule has 27 heavy (non-hydrogen) atoms. The highest BCUT2D eigenvalue weighted by Gasteiger charge is 2.40. The Hall–Kier alpha value is -3.33. The van der Waals surface area contributed by atoms with Gasteiger partial charge in [0.1, 0.15) is 11.4 Å². The summed E-state index contributed by atoms with van der Waals surface area (Å²) in [5, 5.41) is 9.56. The summed E-state index contributed by atoms with van der Waals surface area (Å²) in [6, 6.07) is 14.4. The zero-order chi connectivity index (χ0) is 18.9. The third-order valence-corrected chi connectivity index (χ3v) is 5.20. The summed E-state index contributed by atoms with van der Waals surface area (Å²) in [4.78, 5) is 35.9. The molecular formula is C21H18N4O2. The zero-order valence-electron chi connectivity index (χ0n) is 14.7. The number of carbonyl (C=O) groups is 2. The van der Waals surface area contributed by atoms with Crippen LogP contribution in [0.2, 0.25) is 0 Å². The lowest BCUT2D eigenvalue weighted by atomic mass is 9.88. The van der Waals surface area contributed by atoms with E-state index >= 15 is 0 Å². The van der Waals surface area contributed by atoms with Gasteiger partial charge >= 0.3 is 0 Å². The van der Waals surface area contributed by atoms with Gasteiger partial charge in [-0.1, -0.05) is 24.3 Å². The van der Waals surface area contributed by atoms with Gasteiger partial charge in [0.15, 0.2) is 0 Å². The van der Waals surface area contributed by atoms with Crippen molar-refractivity contribution in [1.82, 2.24) is 4.98 Å². The fourth-order valence-corrected chi connectivity index (χ4v) is 3.75. The van der Waals surface area contributed by atoms with E-state index in [-0.39, 0.29) is 5.82 Å². The first kappa shape index (κ1) is 17.1. The van der Waals surface area contributed by atoms with Crippen LogP contribution < -0.4 is 4.90 Å². The Morgan fingerprint density at radius 1 is 1.15 bits per heavy atom. The molecule has 1 aromatic heterocycles. The van der Waals surface area contributed by atoms with Crippen molar-refractivity contribution in [2.24, 2.45) is 4.99 Å². The standard InChI is InChI=1S/C21H18N4O2/c22-14-21(10-4-5-11-21)24-13-17-15-7-1-2-8-16(15)19(26)25(20(17)27)18-9-3-6-12-23-18/h1-3,6-9,12-13,17H,4-5,10-11H2/t17-/m0/s1. The van der Waals surface area contributed by atoms with Crippen LogP contribution in [0.5, 0.6) is 0 Å². The molecule has 6 heteroatoms. The van der Waals surface area contributed by atoms with Gasteiger partial charge < -0.3 is 0 Å². The van der Waals surface area contributed by atoms with Crippen molar-refractivity contribution in [3.05, 3.63) is 59.8 Å². The van der Waals surface area contributed by atoms with Crippen molar-refractivity contribution < 1.29 is 9.59 Å². The maximum absolute atomic E-state index is 13.2. The number of imide groups is 1. The molecular weight excluding hydrogens is 340 g/mol. The van der Waals surface area contributed by atoms with E-state index in [1.54, 1.807) is 54.9 Å². The Morgan fingerprint density at radius 3 is 2.59 bits per heavy atom. The van der Waals surface area contributed by atoms with Gasteiger partial charge in [0, 0.05) is 18.0 Å². The predicted octanol–water partition coefficient (Wildman–Crippen LogP) is 3.26. The van der Waals surface area contributed by atoms with Crippen molar-refractivity contribution in [1.29, 1.82) is 5.26 Å². The van der Waals surface area contributed by atoms with Crippen LogP contribution >= 0.6 is 0 Å². The lowest BCUT2D eigenvalue weighted by Gasteiger charge is -2.30. The predicted molar refractivity (Wildman–Crippen MR) is 101 cm³/mol. The summed E-state index contributed by atoms with van der Waals surface area (Å²) < 4.78 is 0. The number of carbonyl (C=O) groups excluding carboxylic acids is 2. The molecule has 1 fully saturated rings. The minimum Gasteiger partial charge on any atom is -0.275 e. The van der Waals surface area contributed by atoms with E-state index < -0.39 is 23.3 Å². The second-order valence-corrected chi connectivity index (χ2v) is 6.86. The number of benzene rings is 1. The van der Waals surface area contributed by atoms with Gasteiger partial charge in [-0.15, -0.1) is 0 Å². The van der Waals surface area contributed by atoms with Crippen LogP contribution in [-0.4, -0.2) is 28.6 Å². The lowest BCUT2D eigenvalue weighted by Crippen LogP contribution is -2.46. The number of fused-ring (bicyclic) bond motifs is 1. The molecule has 1 aromatic carbocycles. The van der Waals surface area contributed by atoms with Crippen molar-refractivity contribution in [2.45, 2.75) is 37.1 Å². The molecule has 2 aliphatic rings. The molecule has 1 aliphatic carbocycles. The van der Waals surface area contributed by atoms with Crippen LogP contribution in [0.3, 0.4) is 0 Å². The molecule has 1 aliphatic heterocycles. The maximum atomic E-state index is 13.2. The fourth-order valence-electron chi connectivity index (χ4n) is 3.75. The topological polar surface area (TPSA) is 86.4 Å². The average Bonchev–Trinajstić information content (AvgIpc) is 3.18. The molecule has 134 valence electrons. The summed E-state index contributed by atoms with van der Waals surface area (Å²) in [6.07, 6.45) is 6.41. The van der Waals surface area contributed by atoms with E-state index in [4.69, 9.17) is 0 Å². The highest BCUT2D eigenvalue weighted by atomic mass is 16.2. The maximum Gasteiger partial charge on any atom is 0.266 e. The SMILES string of the molecule is N#CC1(N=C[C@@H]2C(=O)N(c3ccccn3)C(=O)c3ccccc32)CCCC1. The van der Waals surface area contributed by atoms with E-state index in [0.29, 0.717) is 24.0 Å². The van der Waals surface area contributed by atoms with E-state index in [1.807, 2.05) is 0 Å². The van der Waals surface area contributed by atoms with Gasteiger partial charge in [0.2, 0.25) is 5.91 Å². The number of nitriles is 1. The van der Waals surface area contributed by atoms with Crippen LogP contribution in [0.4, 0.5) is 5.82 Å². The van der Waals surface area contributed by atoms with Crippen LogP contribution in [-0.2, 0) is 4.79 Å². The Balaban J connectivity index is 1.78. The van der Waals surface area contributed by atoms with Gasteiger partial charge in [0.05, 0.1) is 12.0 Å². The summed E-state index contributed by atoms with van der Waals surface area (Å²) in [7, 11) is 0. The molecule has 2 aromatic rings. The summed E-state index contributed by atoms with van der Waals surface area (Å²) in [6.45, 7) is 0. The molecule has 2 heterocycles. The summed E-state index contributed by atoms with van der Waals surface area (Å²) in [5.74, 6) is -1.22. The third-order valence-electron chi connectivity index (χ3n) is 5.20. The molecule has 1 saturated carbocycles. The molecule has 0 bridgehead atoms. The van der Waals surface area contributed by atoms with Crippen molar-refractivity contribution >= 4 is 23.8 Å². The number of aromatic nitrogens is 1. The largest absolute Gasteiger partial charge is 0.275 e. The van der Waals surface area contributed by atoms with E-state index in [2.05, 4.69) is 16.0 Å². The van der Waals surface area contributed by atoms with Crippen molar-refractivity contribution in [3.63, 3.8) is 0 Å². The molecule has 1 atom stereocenters. The number of hydrogen-bond acceptors (Lipinski definition) is 5. The number of anilines is 1. The van der Waals surface area contributed by atoms with Crippen LogP contribution in [0.1, 0.15) is 47.5 Å². The van der Waals surface area contributed by atoms with Crippen molar-refractivity contribution in [2.75, 3.05) is 4.90 Å². The molecule has 0 N–H and O–H groups in total. The number of nitrogens with zero attached hydrogens (tertiary/aromatic N) is 4. The van der Waals surface area contributed by atoms with Crippen molar-refractivity contribution in [3.8, 4) is 6.07 Å². The second-order valence-electron chi connectivity index (χ2n) is 6.86. The molecule has 2 amide bonds. The Bertz CT molecular complexity index is 956. The Labute approximate surface area is 157 Å². The first-order chi connectivity index (χ1) is 13.2. The molecule has 0 spiro atoms. The quantitative estimate of drug-likeness (QED) is 0.622. The lowest BCUT2D eigenvalue weighted by molar-refractivity contribution is -0.118. The zero-order valence-corrected chi connectivity index (χ0v) is 14.7. The normalized spacial score (nSPS) is 21.3. The monoisotopic (exact) mass is 358 g/mol. The number of amides is 2. The molecule has 0 unspecified atom stereocenters. The first-order valence-electron chi connectivity index (χ1n) is 9.00. The minimum atomic E-state index is -0.757. The highest BCUT2D eigenvalue weighted by molar-refractivity contribution is 6.28. The van der Waals surface area contributed by atoms with Gasteiger partial charge in [-0.25, -0.2) is 9.88 Å². The van der Waals surface area contributed by atoms with Gasteiger partial charge in [-0.05, 0) is 49.4 Å². The fraction of sp³-hybridized carbons (Fsp3) is 0.286. The Kier molecular flexibility index (Phi) is 4.28. The number of pyridine rings is 1. The third kappa shape index (κ3) is 2.91. The van der Waals surface area contributed by atoms with Gasteiger partial charge in [-0.2, -0.15) is 5.26 Å². The van der Waals surface area contributed by atoms with Gasteiger partial charge in [-0.3, -0.25) is 14.6 Å². The molecule has 0 radical (unpaired) electrons. The van der Waals surface area contributed by atoms with Crippen LogP contribution in [0.25, 0.3) is 0 Å². The van der Waals surface area contributed by atoms with Crippen LogP contribution in [0, 0.1) is 11.3 Å². The van der Waals surface area contributed by atoms with Crippen LogP contribution in [0.15, 0.2) is 53.7 Å². The summed E-state index contributed by atoms with van der Waals surface area (Å²) in [5.41, 5.74) is 0.318. The second kappa shape index (κ2) is 6.76. The smallest absolute Gasteiger partial charge is 0.266 e. The molecule has 6 nitrogen and oxygen atoms in total. The number of hydrogen-bond donors (Lipinski definition) is 0. The Morgan fingerprint density at radius 2 is 1.89 bits per heavy atom. The highest BCUT2D eigenvalue weighted by Crippen LogP contribution is 2.35. The minimum absolute atomic E-state index is 0.288. The molecule has 0 saturated heterocycles. The number of aliphatic imine (C=N–C) groups is 1. The van der Waals surface area contributed by atoms with Gasteiger partial charge in [0.25, 0.3) is 5.91 Å². The van der Waals surface area contributed by atoms with E-state index in [9.17, 15) is 14.9 Å². The summed E-state index contributed by atoms with van der Waals surface area (Å²) >= 11 is 0. The first-order valence-corrected chi connectivity index (χ1v) is 9.00. The van der Waals surface area contributed by atoms with E-state index in [1.165, 1.54) is 0 Å².